The van der Waals surface area contributed by atoms with Gasteiger partial charge in [0.1, 0.15) is 0 Å². The fraction of sp³-hybridized carbons (Fsp3) is 0.750. The molecule has 0 aromatic carbocycles. The van der Waals surface area contributed by atoms with Crippen molar-refractivity contribution >= 4 is 18.8 Å². The third kappa shape index (κ3) is 4.90. The minimum atomic E-state index is -2.83. The van der Waals surface area contributed by atoms with Crippen LogP contribution in [-0.4, -0.2) is 0 Å². The standard InChI is InChI=1S/2C8H13.2ClH.Pt/c2*1-2-4-6-8-7-5-3-1;;;/h2*1H,2,4-8H2;2*1H;/q;;;;+2/p-2. The van der Waals surface area contributed by atoms with Gasteiger partial charge < -0.3 is 0 Å². The maximum atomic E-state index is 6.95. The van der Waals surface area contributed by atoms with E-state index in [2.05, 4.69) is 12.2 Å². The fourth-order valence-electron chi connectivity index (χ4n) is 2.76. The van der Waals surface area contributed by atoms with Crippen molar-refractivity contribution < 1.29 is 14.0 Å². The normalized spacial score (nSPS) is 24.3. The minimum absolute atomic E-state index is 1.15. The second kappa shape index (κ2) is 8.25. The van der Waals surface area contributed by atoms with Crippen molar-refractivity contribution in [1.29, 1.82) is 0 Å². The Morgan fingerprint density at radius 2 is 1.05 bits per heavy atom. The van der Waals surface area contributed by atoms with Crippen molar-refractivity contribution in [2.24, 2.45) is 0 Å². The fourth-order valence-corrected chi connectivity index (χ4v) is 11.3. The summed E-state index contributed by atoms with van der Waals surface area (Å²) < 4.78 is 2.89. The molecule has 114 valence electrons. The summed E-state index contributed by atoms with van der Waals surface area (Å²) >= 11 is -2.83. The van der Waals surface area contributed by atoms with Gasteiger partial charge in [0, 0.05) is 0 Å². The van der Waals surface area contributed by atoms with Crippen LogP contribution in [0.25, 0.3) is 0 Å². The zero-order valence-electron chi connectivity index (χ0n) is 11.7. The monoisotopic (exact) mass is 483 g/mol. The van der Waals surface area contributed by atoms with Crippen LogP contribution in [0.1, 0.15) is 77.0 Å². The van der Waals surface area contributed by atoms with Gasteiger partial charge in [0.05, 0.1) is 0 Å². The van der Waals surface area contributed by atoms with Crippen LogP contribution in [-0.2, 0) is 14.0 Å². The van der Waals surface area contributed by atoms with Gasteiger partial charge >= 0.3 is 130 Å². The van der Waals surface area contributed by atoms with Gasteiger partial charge in [-0.1, -0.05) is 0 Å². The maximum absolute atomic E-state index is 6.95. The molecule has 0 amide bonds. The van der Waals surface area contributed by atoms with E-state index in [1.807, 2.05) is 0 Å². The van der Waals surface area contributed by atoms with Crippen LogP contribution in [0.4, 0.5) is 0 Å². The van der Waals surface area contributed by atoms with Gasteiger partial charge in [-0.05, 0) is 0 Å². The molecule has 2 aliphatic carbocycles. The van der Waals surface area contributed by atoms with Crippen LogP contribution in [0.5, 0.6) is 0 Å². The van der Waals surface area contributed by atoms with E-state index in [4.69, 9.17) is 18.8 Å². The zero-order valence-corrected chi connectivity index (χ0v) is 15.5. The predicted molar refractivity (Wildman–Crippen MR) is 83.3 cm³/mol. The number of allylic oxidation sites excluding steroid dienone is 4. The molecule has 0 unspecified atom stereocenters. The molecule has 0 heterocycles. The average molecular weight is 484 g/mol. The Balaban J connectivity index is 2.13. The zero-order chi connectivity index (χ0) is 13.6. The summed E-state index contributed by atoms with van der Waals surface area (Å²) in [5, 5.41) is 0. The summed E-state index contributed by atoms with van der Waals surface area (Å²) in [5.41, 5.74) is 0. The van der Waals surface area contributed by atoms with Crippen LogP contribution in [0, 0.1) is 0 Å². The first-order valence-electron chi connectivity index (χ1n) is 7.66. The molecule has 0 nitrogen and oxygen atoms in total. The summed E-state index contributed by atoms with van der Waals surface area (Å²) in [6.45, 7) is 0. The number of hydrogen-bond acceptors (Lipinski definition) is 0. The van der Waals surface area contributed by atoms with Crippen LogP contribution in [0.15, 0.2) is 20.1 Å². The Labute approximate surface area is 129 Å². The number of hydrogen-bond donors (Lipinski definition) is 0. The molecule has 0 fully saturated rings. The van der Waals surface area contributed by atoms with E-state index < -0.39 is 14.0 Å². The molecule has 0 N–H and O–H groups in total. The second-order valence-corrected chi connectivity index (χ2v) is 17.9. The summed E-state index contributed by atoms with van der Waals surface area (Å²) in [5.74, 6) is 0. The van der Waals surface area contributed by atoms with Gasteiger partial charge in [0.25, 0.3) is 0 Å². The van der Waals surface area contributed by atoms with Gasteiger partial charge in [0.2, 0.25) is 0 Å². The van der Waals surface area contributed by atoms with E-state index in [9.17, 15) is 0 Å². The van der Waals surface area contributed by atoms with E-state index >= 15 is 0 Å². The Kier molecular flexibility index (Phi) is 7.01. The van der Waals surface area contributed by atoms with Crippen LogP contribution in [0.2, 0.25) is 0 Å². The summed E-state index contributed by atoms with van der Waals surface area (Å²) in [4.78, 5) is 0. The van der Waals surface area contributed by atoms with E-state index in [0.29, 0.717) is 0 Å². The van der Waals surface area contributed by atoms with Gasteiger partial charge in [-0.3, -0.25) is 0 Å². The summed E-state index contributed by atoms with van der Waals surface area (Å²) in [6, 6.07) is 0. The van der Waals surface area contributed by atoms with Gasteiger partial charge in [-0.2, -0.15) is 0 Å². The van der Waals surface area contributed by atoms with Crippen molar-refractivity contribution in [3.8, 4) is 0 Å². The molecule has 19 heavy (non-hydrogen) atoms. The van der Waals surface area contributed by atoms with E-state index in [1.54, 1.807) is 0 Å². The third-order valence-electron chi connectivity index (χ3n) is 3.93. The molecule has 0 aromatic heterocycles. The van der Waals surface area contributed by atoms with E-state index in [-0.39, 0.29) is 0 Å². The Hall–Kier alpha value is 0.748. The molecule has 0 aliphatic heterocycles. The molecule has 0 aromatic rings. The van der Waals surface area contributed by atoms with Crippen molar-refractivity contribution in [2.45, 2.75) is 77.0 Å². The van der Waals surface area contributed by atoms with Gasteiger partial charge in [-0.25, -0.2) is 0 Å². The Bertz CT molecular complexity index is 313. The van der Waals surface area contributed by atoms with Crippen molar-refractivity contribution in [3.05, 3.63) is 20.1 Å². The van der Waals surface area contributed by atoms with E-state index in [1.165, 1.54) is 72.1 Å². The average Bonchev–Trinajstić information content (AvgIpc) is 2.26. The molecule has 0 bridgehead atoms. The van der Waals surface area contributed by atoms with Crippen molar-refractivity contribution in [1.82, 2.24) is 0 Å². The predicted octanol–water partition coefficient (Wildman–Crippen LogP) is 6.92. The molecule has 0 atom stereocenters. The van der Waals surface area contributed by atoms with Gasteiger partial charge in [-0.15, -0.1) is 0 Å². The molecule has 0 spiro atoms. The van der Waals surface area contributed by atoms with Crippen molar-refractivity contribution in [3.63, 3.8) is 0 Å². The third-order valence-corrected chi connectivity index (χ3v) is 14.7. The molecular formula is C16H26Cl2Pt. The molecule has 0 saturated heterocycles. The Morgan fingerprint density at radius 3 is 1.53 bits per heavy atom. The first-order chi connectivity index (χ1) is 9.21. The summed E-state index contributed by atoms with van der Waals surface area (Å²) in [7, 11) is 13.9. The first kappa shape index (κ1) is 16.1. The quantitative estimate of drug-likeness (QED) is 0.399. The first-order valence-corrected chi connectivity index (χ1v) is 15.6. The van der Waals surface area contributed by atoms with Crippen LogP contribution >= 0.6 is 18.8 Å². The number of halogens is 2. The Morgan fingerprint density at radius 1 is 0.632 bits per heavy atom. The second-order valence-electron chi connectivity index (χ2n) is 5.49. The SMILES string of the molecule is [Cl][Pt]([Cl])([C]1=CCCCCCC1)[C]1=CCCCCCC1. The molecule has 0 saturated carbocycles. The van der Waals surface area contributed by atoms with Crippen molar-refractivity contribution in [2.75, 3.05) is 0 Å². The molecule has 0 radical (unpaired) electrons. The van der Waals surface area contributed by atoms with Crippen LogP contribution in [0.3, 0.4) is 0 Å². The van der Waals surface area contributed by atoms with E-state index in [0.717, 1.165) is 12.8 Å². The van der Waals surface area contributed by atoms with Gasteiger partial charge in [0.15, 0.2) is 0 Å². The topological polar surface area (TPSA) is 0 Å². The molecule has 2 aliphatic rings. The molecule has 3 heteroatoms. The number of rotatable bonds is 2. The van der Waals surface area contributed by atoms with Crippen LogP contribution < -0.4 is 0 Å². The molecular weight excluding hydrogens is 458 g/mol. The summed E-state index contributed by atoms with van der Waals surface area (Å²) in [6.07, 6.45) is 20.1. The molecule has 2 rings (SSSR count).